The topological polar surface area (TPSA) is 99.0 Å². The first-order valence-electron chi connectivity index (χ1n) is 2.40. The molecule has 0 aromatic carbocycles. The molecule has 0 unspecified atom stereocenters. The van der Waals surface area contributed by atoms with Gasteiger partial charge in [0, 0.05) is 5.69 Å². The first-order valence-corrected chi connectivity index (χ1v) is 2.40. The normalized spacial score (nSPS) is 6.64. The van der Waals surface area contributed by atoms with E-state index in [0.717, 1.165) is 5.69 Å². The maximum Gasteiger partial charge on any atom is 1.00 e. The summed E-state index contributed by atoms with van der Waals surface area (Å²) in [5, 5.41) is 10.4. The van der Waals surface area contributed by atoms with Crippen molar-refractivity contribution in [3.8, 4) is 5.88 Å². The summed E-state index contributed by atoms with van der Waals surface area (Å²) >= 11 is 0. The van der Waals surface area contributed by atoms with Crippen molar-refractivity contribution in [3.63, 3.8) is 0 Å². The summed E-state index contributed by atoms with van der Waals surface area (Å²) in [7, 11) is 0. The fourth-order valence-electron chi connectivity index (χ4n) is 0.518. The summed E-state index contributed by atoms with van der Waals surface area (Å²) in [6, 6.07) is 4.93. The summed E-state index contributed by atoms with van der Waals surface area (Å²) in [4.78, 5) is 3.62. The Morgan fingerprint density at radius 3 is 2.09 bits per heavy atom. The predicted octanol–water partition coefficient (Wildman–Crippen LogP) is -4.18. The molecule has 5 heteroatoms. The molecule has 4 N–H and O–H groups in total. The smallest absolute Gasteiger partial charge is 0.859 e. The molecule has 4 nitrogen and oxygen atoms in total. The van der Waals surface area contributed by atoms with Gasteiger partial charge in [-0.2, -0.15) is 0 Å². The summed E-state index contributed by atoms with van der Waals surface area (Å²) in [6.07, 6.45) is 0. The fraction of sp³-hybridized carbons (Fsp3) is 0.167. The molecular formula is C6H10KNO3. The van der Waals surface area contributed by atoms with Crippen LogP contribution >= 0.6 is 0 Å². The van der Waals surface area contributed by atoms with E-state index in [0.29, 0.717) is 0 Å². The van der Waals surface area contributed by atoms with Crippen molar-refractivity contribution in [2.75, 3.05) is 0 Å². The first-order chi connectivity index (χ1) is 3.79. The Morgan fingerprint density at radius 2 is 1.82 bits per heavy atom. The maximum atomic E-state index is 10.4. The zero-order chi connectivity index (χ0) is 5.98. The monoisotopic (exact) mass is 183 g/mol. The van der Waals surface area contributed by atoms with Gasteiger partial charge in [-0.3, -0.25) is 4.98 Å². The van der Waals surface area contributed by atoms with E-state index in [1.807, 2.05) is 0 Å². The minimum absolute atomic E-state index is 0. The Hall–Kier alpha value is 0.506. The van der Waals surface area contributed by atoms with E-state index < -0.39 is 0 Å². The molecule has 0 saturated carbocycles. The van der Waals surface area contributed by atoms with Gasteiger partial charge in [-0.05, 0) is 18.9 Å². The second-order valence-electron chi connectivity index (χ2n) is 1.62. The van der Waals surface area contributed by atoms with Crippen LogP contribution in [-0.2, 0) is 0 Å². The second-order valence-corrected chi connectivity index (χ2v) is 1.62. The summed E-state index contributed by atoms with van der Waals surface area (Å²) in [5.41, 5.74) is 0.775. The fourth-order valence-corrected chi connectivity index (χ4v) is 0.518. The van der Waals surface area contributed by atoms with E-state index >= 15 is 0 Å². The van der Waals surface area contributed by atoms with Gasteiger partial charge in [0.05, 0.1) is 0 Å². The molecule has 58 valence electrons. The first kappa shape index (κ1) is 17.6. The van der Waals surface area contributed by atoms with Gasteiger partial charge >= 0.3 is 51.4 Å². The molecule has 0 spiro atoms. The van der Waals surface area contributed by atoms with E-state index in [1.165, 1.54) is 6.07 Å². The number of pyridine rings is 1. The zero-order valence-electron chi connectivity index (χ0n) is 6.59. The number of aryl methyl sites for hydroxylation is 1. The van der Waals surface area contributed by atoms with Crippen LogP contribution in [0, 0.1) is 6.92 Å². The number of nitrogens with zero attached hydrogens (tertiary/aromatic N) is 1. The number of aromatic nitrogens is 1. The largest absolute Gasteiger partial charge is 1.00 e. The number of hydrogen-bond donors (Lipinski definition) is 0. The molecule has 0 bridgehead atoms. The summed E-state index contributed by atoms with van der Waals surface area (Å²) in [5.74, 6) is -0.162. The Balaban J connectivity index is -0.000000213. The van der Waals surface area contributed by atoms with Crippen molar-refractivity contribution in [2.24, 2.45) is 0 Å². The van der Waals surface area contributed by atoms with Gasteiger partial charge in [0.1, 0.15) is 0 Å². The zero-order valence-corrected chi connectivity index (χ0v) is 9.71. The third-order valence-corrected chi connectivity index (χ3v) is 0.863. The Morgan fingerprint density at radius 1 is 1.27 bits per heavy atom. The molecule has 1 aromatic rings. The van der Waals surface area contributed by atoms with E-state index in [9.17, 15) is 5.11 Å². The minimum Gasteiger partial charge on any atom is -0.859 e. The Bertz CT molecular complexity index is 178. The van der Waals surface area contributed by atoms with Crippen molar-refractivity contribution >= 4 is 0 Å². The maximum absolute atomic E-state index is 10.4. The van der Waals surface area contributed by atoms with Gasteiger partial charge in [-0.25, -0.2) is 0 Å². The molecule has 0 fully saturated rings. The minimum atomic E-state index is -0.162. The van der Waals surface area contributed by atoms with Gasteiger partial charge in [0.25, 0.3) is 0 Å². The molecule has 1 aromatic heterocycles. The Labute approximate surface area is 108 Å². The number of rotatable bonds is 0. The van der Waals surface area contributed by atoms with Crippen LogP contribution in [0.1, 0.15) is 5.69 Å². The van der Waals surface area contributed by atoms with Crippen LogP contribution < -0.4 is 56.5 Å². The SMILES string of the molecule is Cc1cccc([O-])n1.O.O.[K+]. The second kappa shape index (κ2) is 8.60. The van der Waals surface area contributed by atoms with Crippen LogP contribution in [0.5, 0.6) is 5.88 Å². The molecule has 11 heavy (non-hydrogen) atoms. The van der Waals surface area contributed by atoms with Crippen LogP contribution in [0.4, 0.5) is 0 Å². The van der Waals surface area contributed by atoms with Crippen molar-refractivity contribution in [2.45, 2.75) is 6.92 Å². The standard InChI is InChI=1S/C6H7NO.K.2H2O/c1-5-3-2-4-6(8)7-5;;;/h2-4H,1H3,(H,7,8);;2*1H2/q;+1;;/p-1. The quantitative estimate of drug-likeness (QED) is 0.381. The summed E-state index contributed by atoms with van der Waals surface area (Å²) < 4.78 is 0. The van der Waals surface area contributed by atoms with Crippen LogP contribution in [0.15, 0.2) is 18.2 Å². The molecule has 0 aliphatic carbocycles. The molecule has 1 rings (SSSR count). The van der Waals surface area contributed by atoms with Crippen LogP contribution in [0.2, 0.25) is 0 Å². The molecular weight excluding hydrogens is 173 g/mol. The van der Waals surface area contributed by atoms with Gasteiger partial charge in [0.15, 0.2) is 0 Å². The predicted molar refractivity (Wildman–Crippen MR) is 35.6 cm³/mol. The molecule has 0 aliphatic rings. The summed E-state index contributed by atoms with van der Waals surface area (Å²) in [6.45, 7) is 1.79. The van der Waals surface area contributed by atoms with E-state index in [-0.39, 0.29) is 68.2 Å². The molecule has 0 atom stereocenters. The molecule has 0 aliphatic heterocycles. The van der Waals surface area contributed by atoms with E-state index in [2.05, 4.69) is 4.98 Å². The molecule has 1 heterocycles. The van der Waals surface area contributed by atoms with E-state index in [4.69, 9.17) is 0 Å². The van der Waals surface area contributed by atoms with Crippen molar-refractivity contribution in [1.29, 1.82) is 0 Å². The van der Waals surface area contributed by atoms with E-state index in [1.54, 1.807) is 19.1 Å². The van der Waals surface area contributed by atoms with Crippen molar-refractivity contribution in [3.05, 3.63) is 23.9 Å². The molecule has 0 amide bonds. The van der Waals surface area contributed by atoms with Gasteiger partial charge in [-0.15, -0.1) is 0 Å². The molecule has 0 saturated heterocycles. The van der Waals surface area contributed by atoms with Gasteiger partial charge < -0.3 is 16.1 Å². The van der Waals surface area contributed by atoms with Crippen LogP contribution in [0.3, 0.4) is 0 Å². The van der Waals surface area contributed by atoms with Crippen LogP contribution in [-0.4, -0.2) is 15.9 Å². The van der Waals surface area contributed by atoms with Gasteiger partial charge in [0.2, 0.25) is 0 Å². The van der Waals surface area contributed by atoms with Crippen molar-refractivity contribution in [1.82, 2.24) is 4.98 Å². The number of hydrogen-bond acceptors (Lipinski definition) is 2. The molecule has 0 radical (unpaired) electrons. The third-order valence-electron chi connectivity index (χ3n) is 0.863. The third kappa shape index (κ3) is 6.89. The van der Waals surface area contributed by atoms with Crippen LogP contribution in [0.25, 0.3) is 0 Å². The van der Waals surface area contributed by atoms with Gasteiger partial charge in [-0.1, -0.05) is 12.1 Å². The average Bonchev–Trinajstić information content (AvgIpc) is 1.64. The van der Waals surface area contributed by atoms with Crippen molar-refractivity contribution < 1.29 is 67.4 Å². The Kier molecular flexibility index (Phi) is 13.7. The average molecular weight is 183 g/mol.